The van der Waals surface area contributed by atoms with Crippen molar-refractivity contribution < 1.29 is 4.79 Å². The molecule has 0 unspecified atom stereocenters. The molecule has 0 aliphatic rings. The summed E-state index contributed by atoms with van der Waals surface area (Å²) in [5.74, 6) is -0.150. The lowest BCUT2D eigenvalue weighted by Gasteiger charge is -2.05. The molecule has 4 nitrogen and oxygen atoms in total. The summed E-state index contributed by atoms with van der Waals surface area (Å²) in [5, 5.41) is 7.01. The number of hydrogen-bond donors (Lipinski definition) is 1. The predicted octanol–water partition coefficient (Wildman–Crippen LogP) is 2.84. The standard InChI is InChI=1S/C15H17N3OS/c1-10-6-4-5-7-14(10)11(2)17-18-15(19)8-13-9-20-12(3)16-13/h4-7,9H,8H2,1-3H3,(H,18,19)/b17-11-. The van der Waals surface area contributed by atoms with Crippen LogP contribution in [0.1, 0.15) is 28.8 Å². The normalized spacial score (nSPS) is 11.4. The third-order valence-electron chi connectivity index (χ3n) is 2.89. The number of nitrogens with one attached hydrogen (secondary N) is 1. The van der Waals surface area contributed by atoms with Crippen LogP contribution in [0.2, 0.25) is 0 Å². The van der Waals surface area contributed by atoms with Crippen LogP contribution < -0.4 is 5.43 Å². The van der Waals surface area contributed by atoms with E-state index in [0.717, 1.165) is 27.5 Å². The van der Waals surface area contributed by atoms with Crippen molar-refractivity contribution in [2.75, 3.05) is 0 Å². The van der Waals surface area contributed by atoms with Crippen LogP contribution in [0.4, 0.5) is 0 Å². The molecule has 0 bridgehead atoms. The summed E-state index contributed by atoms with van der Waals surface area (Å²) >= 11 is 1.54. The quantitative estimate of drug-likeness (QED) is 0.694. The number of benzene rings is 1. The maximum atomic E-state index is 11.8. The van der Waals surface area contributed by atoms with Gasteiger partial charge in [-0.3, -0.25) is 4.79 Å². The molecule has 5 heteroatoms. The lowest BCUT2D eigenvalue weighted by atomic mass is 10.1. The van der Waals surface area contributed by atoms with Gasteiger partial charge in [0, 0.05) is 10.9 Å². The Hall–Kier alpha value is -2.01. The fraction of sp³-hybridized carbons (Fsp3) is 0.267. The van der Waals surface area contributed by atoms with Gasteiger partial charge in [-0.2, -0.15) is 5.10 Å². The zero-order chi connectivity index (χ0) is 14.5. The van der Waals surface area contributed by atoms with E-state index in [0.29, 0.717) is 0 Å². The molecular formula is C15H17N3OS. The Balaban J connectivity index is 1.98. The van der Waals surface area contributed by atoms with E-state index in [4.69, 9.17) is 0 Å². The number of hydrazone groups is 1. The first-order valence-electron chi connectivity index (χ1n) is 6.36. The molecular weight excluding hydrogens is 270 g/mol. The number of thiazole rings is 1. The maximum Gasteiger partial charge on any atom is 0.246 e. The zero-order valence-electron chi connectivity index (χ0n) is 11.8. The summed E-state index contributed by atoms with van der Waals surface area (Å²) in [6, 6.07) is 7.95. The van der Waals surface area contributed by atoms with Crippen LogP contribution in [0, 0.1) is 13.8 Å². The molecule has 2 rings (SSSR count). The fourth-order valence-corrected chi connectivity index (χ4v) is 2.49. The minimum absolute atomic E-state index is 0.150. The van der Waals surface area contributed by atoms with Crippen LogP contribution in [-0.4, -0.2) is 16.6 Å². The van der Waals surface area contributed by atoms with Crippen molar-refractivity contribution in [1.82, 2.24) is 10.4 Å². The van der Waals surface area contributed by atoms with Gasteiger partial charge in [-0.15, -0.1) is 11.3 Å². The van der Waals surface area contributed by atoms with Crippen LogP contribution in [0.25, 0.3) is 0 Å². The molecule has 0 atom stereocenters. The molecule has 0 spiro atoms. The number of carbonyl (C=O) groups excluding carboxylic acids is 1. The van der Waals surface area contributed by atoms with E-state index >= 15 is 0 Å². The van der Waals surface area contributed by atoms with Crippen LogP contribution >= 0.6 is 11.3 Å². The van der Waals surface area contributed by atoms with Gasteiger partial charge < -0.3 is 0 Å². The Morgan fingerprint density at radius 1 is 1.35 bits per heavy atom. The number of rotatable bonds is 4. The van der Waals surface area contributed by atoms with Crippen molar-refractivity contribution >= 4 is 23.0 Å². The Labute approximate surface area is 122 Å². The van der Waals surface area contributed by atoms with Gasteiger partial charge in [-0.05, 0) is 26.3 Å². The maximum absolute atomic E-state index is 11.8. The molecule has 0 saturated carbocycles. The van der Waals surface area contributed by atoms with Gasteiger partial charge in [-0.25, -0.2) is 10.4 Å². The second-order valence-electron chi connectivity index (χ2n) is 4.58. The molecule has 20 heavy (non-hydrogen) atoms. The minimum atomic E-state index is -0.150. The van der Waals surface area contributed by atoms with Crippen molar-refractivity contribution in [2.45, 2.75) is 27.2 Å². The van der Waals surface area contributed by atoms with Crippen molar-refractivity contribution in [1.29, 1.82) is 0 Å². The molecule has 0 aliphatic carbocycles. The summed E-state index contributed by atoms with van der Waals surface area (Å²) in [6.45, 7) is 5.83. The lowest BCUT2D eigenvalue weighted by molar-refractivity contribution is -0.120. The predicted molar refractivity (Wildman–Crippen MR) is 82.1 cm³/mol. The summed E-state index contributed by atoms with van der Waals surface area (Å²) in [7, 11) is 0. The van der Waals surface area contributed by atoms with Gasteiger partial charge in [0.2, 0.25) is 5.91 Å². The molecule has 2 aromatic rings. The molecule has 1 aromatic heterocycles. The van der Waals surface area contributed by atoms with E-state index < -0.39 is 0 Å². The van der Waals surface area contributed by atoms with Crippen molar-refractivity contribution in [3.8, 4) is 0 Å². The van der Waals surface area contributed by atoms with Crippen LogP contribution in [0.3, 0.4) is 0 Å². The highest BCUT2D eigenvalue weighted by Gasteiger charge is 2.06. The highest BCUT2D eigenvalue weighted by Crippen LogP contribution is 2.09. The summed E-state index contributed by atoms with van der Waals surface area (Å²) in [5.41, 5.74) is 6.34. The molecule has 104 valence electrons. The summed E-state index contributed by atoms with van der Waals surface area (Å²) in [4.78, 5) is 16.0. The average Bonchev–Trinajstić information content (AvgIpc) is 2.82. The topological polar surface area (TPSA) is 54.4 Å². The molecule has 0 radical (unpaired) electrons. The summed E-state index contributed by atoms with van der Waals surface area (Å²) in [6.07, 6.45) is 0.259. The van der Waals surface area contributed by atoms with Gasteiger partial charge in [0.25, 0.3) is 0 Å². The van der Waals surface area contributed by atoms with Crippen LogP contribution in [0.15, 0.2) is 34.7 Å². The number of hydrogen-bond acceptors (Lipinski definition) is 4. The lowest BCUT2D eigenvalue weighted by Crippen LogP contribution is -2.21. The Morgan fingerprint density at radius 2 is 2.10 bits per heavy atom. The van der Waals surface area contributed by atoms with Crippen molar-refractivity contribution in [3.63, 3.8) is 0 Å². The number of carbonyl (C=O) groups is 1. The van der Waals surface area contributed by atoms with Gasteiger partial charge >= 0.3 is 0 Å². The summed E-state index contributed by atoms with van der Waals surface area (Å²) < 4.78 is 0. The molecule has 1 heterocycles. The van der Waals surface area contributed by atoms with Gasteiger partial charge in [0.05, 0.1) is 22.8 Å². The minimum Gasteiger partial charge on any atom is -0.273 e. The monoisotopic (exact) mass is 287 g/mol. The molecule has 0 saturated heterocycles. The van der Waals surface area contributed by atoms with E-state index in [1.807, 2.05) is 50.4 Å². The first kappa shape index (κ1) is 14.4. The third-order valence-corrected chi connectivity index (χ3v) is 3.71. The molecule has 0 fully saturated rings. The SMILES string of the molecule is C/C(=N/NC(=O)Cc1csc(C)n1)c1ccccc1C. The van der Waals surface area contributed by atoms with E-state index in [1.165, 1.54) is 0 Å². The first-order valence-corrected chi connectivity index (χ1v) is 7.24. The molecule has 0 aliphatic heterocycles. The van der Waals surface area contributed by atoms with Crippen LogP contribution in [-0.2, 0) is 11.2 Å². The number of aryl methyl sites for hydroxylation is 2. The van der Waals surface area contributed by atoms with Gasteiger partial charge in [0.1, 0.15) is 0 Å². The first-order chi connectivity index (χ1) is 9.56. The third kappa shape index (κ3) is 3.74. The average molecular weight is 287 g/mol. The second kappa shape index (κ2) is 6.43. The zero-order valence-corrected chi connectivity index (χ0v) is 12.6. The fourth-order valence-electron chi connectivity index (χ4n) is 1.88. The van der Waals surface area contributed by atoms with E-state index in [2.05, 4.69) is 15.5 Å². The number of amides is 1. The molecule has 1 N–H and O–H groups in total. The second-order valence-corrected chi connectivity index (χ2v) is 5.64. The smallest absolute Gasteiger partial charge is 0.246 e. The number of nitrogens with zero attached hydrogens (tertiary/aromatic N) is 2. The highest BCUT2D eigenvalue weighted by atomic mass is 32.1. The number of aromatic nitrogens is 1. The van der Waals surface area contributed by atoms with Crippen LogP contribution in [0.5, 0.6) is 0 Å². The largest absolute Gasteiger partial charge is 0.273 e. The molecule has 1 aromatic carbocycles. The van der Waals surface area contributed by atoms with E-state index in [-0.39, 0.29) is 12.3 Å². The van der Waals surface area contributed by atoms with Gasteiger partial charge in [0.15, 0.2) is 0 Å². The Bertz CT molecular complexity index is 646. The van der Waals surface area contributed by atoms with Gasteiger partial charge in [-0.1, -0.05) is 24.3 Å². The van der Waals surface area contributed by atoms with Crippen molar-refractivity contribution in [3.05, 3.63) is 51.5 Å². The molecule has 1 amide bonds. The Morgan fingerprint density at radius 3 is 2.75 bits per heavy atom. The van der Waals surface area contributed by atoms with Crippen molar-refractivity contribution in [2.24, 2.45) is 5.10 Å². The van der Waals surface area contributed by atoms with E-state index in [9.17, 15) is 4.79 Å². The van der Waals surface area contributed by atoms with E-state index in [1.54, 1.807) is 11.3 Å². The Kier molecular flexibility index (Phi) is 4.63. The highest BCUT2D eigenvalue weighted by molar-refractivity contribution is 7.09.